The van der Waals surface area contributed by atoms with Crippen molar-refractivity contribution in [2.75, 3.05) is 56.4 Å². The van der Waals surface area contributed by atoms with Gasteiger partial charge in [-0.05, 0) is 36.6 Å². The Hall–Kier alpha value is -2.45. The van der Waals surface area contributed by atoms with Gasteiger partial charge in [0.1, 0.15) is 5.82 Å². The van der Waals surface area contributed by atoms with Crippen LogP contribution in [-0.2, 0) is 11.2 Å². The van der Waals surface area contributed by atoms with Crippen molar-refractivity contribution in [1.29, 1.82) is 0 Å². The molecule has 2 aliphatic heterocycles. The summed E-state index contributed by atoms with van der Waals surface area (Å²) in [6.07, 6.45) is 2.59. The number of amides is 1. The molecule has 1 amide bonds. The molecule has 0 bridgehead atoms. The number of aryl methyl sites for hydroxylation is 1. The molecule has 7 nitrogen and oxygen atoms in total. The summed E-state index contributed by atoms with van der Waals surface area (Å²) in [7, 11) is 2.44. The van der Waals surface area contributed by atoms with Crippen LogP contribution < -0.4 is 10.2 Å². The third-order valence-corrected chi connectivity index (χ3v) is 6.16. The molecule has 2 aromatic rings. The van der Waals surface area contributed by atoms with Crippen molar-refractivity contribution in [3.8, 4) is 0 Å². The lowest BCUT2D eigenvalue weighted by molar-refractivity contribution is 0.113. The lowest BCUT2D eigenvalue weighted by atomic mass is 9.91. The second-order valence-corrected chi connectivity index (χ2v) is 8.54. The fourth-order valence-corrected chi connectivity index (χ4v) is 4.52. The van der Waals surface area contributed by atoms with Gasteiger partial charge in [-0.15, -0.1) is 0 Å². The number of anilines is 2. The Morgan fingerprint density at radius 1 is 1.22 bits per heavy atom. The van der Waals surface area contributed by atoms with Crippen LogP contribution in [0.3, 0.4) is 0 Å². The SMILES string of the molecule is CO.COC(=O)N1CCCC(Nc2cc(CCS)nc(N3CC(c4ccccc4)C3)c2)C1. The Morgan fingerprint density at radius 3 is 2.66 bits per heavy atom. The third kappa shape index (κ3) is 6.07. The molecule has 0 spiro atoms. The van der Waals surface area contributed by atoms with Crippen LogP contribution in [0.2, 0.25) is 0 Å². The summed E-state index contributed by atoms with van der Waals surface area (Å²) in [6, 6.07) is 15.1. The number of likely N-dealkylation sites (tertiary alicyclic amines) is 1. The minimum atomic E-state index is -0.250. The summed E-state index contributed by atoms with van der Waals surface area (Å²) in [5.74, 6) is 2.34. The first-order valence-corrected chi connectivity index (χ1v) is 11.8. The van der Waals surface area contributed by atoms with Gasteiger partial charge in [-0.3, -0.25) is 0 Å². The molecule has 32 heavy (non-hydrogen) atoms. The summed E-state index contributed by atoms with van der Waals surface area (Å²) in [6.45, 7) is 3.39. The maximum atomic E-state index is 11.9. The lowest BCUT2D eigenvalue weighted by Crippen LogP contribution is -2.46. The highest BCUT2D eigenvalue weighted by molar-refractivity contribution is 7.80. The van der Waals surface area contributed by atoms with Gasteiger partial charge in [0.05, 0.1) is 7.11 Å². The van der Waals surface area contributed by atoms with Gasteiger partial charge in [-0.2, -0.15) is 12.6 Å². The fraction of sp³-hybridized carbons (Fsp3) is 0.500. The first-order chi connectivity index (χ1) is 15.7. The van der Waals surface area contributed by atoms with Gasteiger partial charge in [-0.25, -0.2) is 9.78 Å². The van der Waals surface area contributed by atoms with E-state index in [0.717, 1.165) is 69.0 Å². The molecule has 1 aromatic heterocycles. The lowest BCUT2D eigenvalue weighted by Gasteiger charge is -2.41. The van der Waals surface area contributed by atoms with E-state index in [1.54, 1.807) is 4.90 Å². The minimum Gasteiger partial charge on any atom is -0.453 e. The highest BCUT2D eigenvalue weighted by Gasteiger charge is 2.30. The van der Waals surface area contributed by atoms with Crippen molar-refractivity contribution in [2.45, 2.75) is 31.2 Å². The summed E-state index contributed by atoms with van der Waals surface area (Å²) in [5, 5.41) is 10.6. The van der Waals surface area contributed by atoms with Crippen molar-refractivity contribution in [3.05, 3.63) is 53.7 Å². The second kappa shape index (κ2) is 12.0. The predicted octanol–water partition coefficient (Wildman–Crippen LogP) is 3.41. The molecule has 8 heteroatoms. The number of ether oxygens (including phenoxy) is 1. The monoisotopic (exact) mass is 458 g/mol. The molecule has 2 aliphatic rings. The number of benzene rings is 1. The van der Waals surface area contributed by atoms with E-state index in [2.05, 4.69) is 65.3 Å². The highest BCUT2D eigenvalue weighted by Crippen LogP contribution is 2.32. The molecule has 1 unspecified atom stereocenters. The molecular weight excluding hydrogens is 424 g/mol. The van der Waals surface area contributed by atoms with Gasteiger partial charge in [0.15, 0.2) is 0 Å². The van der Waals surface area contributed by atoms with Crippen LogP contribution in [0.4, 0.5) is 16.3 Å². The Bertz CT molecular complexity index is 862. The number of nitrogens with one attached hydrogen (secondary N) is 1. The van der Waals surface area contributed by atoms with Gasteiger partial charge in [-0.1, -0.05) is 30.3 Å². The normalized spacial score (nSPS) is 18.3. The Labute approximate surface area is 196 Å². The number of methoxy groups -OCH3 is 1. The smallest absolute Gasteiger partial charge is 0.409 e. The number of pyridine rings is 1. The van der Waals surface area contributed by atoms with E-state index in [4.69, 9.17) is 14.8 Å². The molecule has 0 aliphatic carbocycles. The van der Waals surface area contributed by atoms with E-state index in [1.165, 1.54) is 12.7 Å². The van der Waals surface area contributed by atoms with Crippen molar-refractivity contribution in [2.24, 2.45) is 0 Å². The van der Waals surface area contributed by atoms with Crippen LogP contribution in [0.5, 0.6) is 0 Å². The number of piperidine rings is 1. The van der Waals surface area contributed by atoms with Crippen LogP contribution in [-0.4, -0.2) is 73.3 Å². The minimum absolute atomic E-state index is 0.213. The van der Waals surface area contributed by atoms with E-state index in [-0.39, 0.29) is 12.1 Å². The summed E-state index contributed by atoms with van der Waals surface area (Å²) >= 11 is 4.39. The predicted molar refractivity (Wildman–Crippen MR) is 132 cm³/mol. The molecule has 1 atom stereocenters. The average Bonchev–Trinajstić information content (AvgIpc) is 2.80. The summed E-state index contributed by atoms with van der Waals surface area (Å²) in [5.41, 5.74) is 3.51. The van der Waals surface area contributed by atoms with E-state index in [9.17, 15) is 4.79 Å². The number of thiol groups is 1. The molecule has 2 fully saturated rings. The molecular formula is C24H34N4O3S. The first kappa shape index (κ1) is 24.2. The van der Waals surface area contributed by atoms with Crippen molar-refractivity contribution in [3.63, 3.8) is 0 Å². The standard InChI is InChI=1S/C23H30N4O2S.CH4O/c1-29-23(28)26-10-5-8-20(16-26)24-21-12-19(9-11-30)25-22(13-21)27-14-18(15-27)17-6-3-2-4-7-17;1-2/h2-4,6-7,12-13,18,20,30H,5,8-11,14-16H2,1H3,(H,24,25);2H,1H3. The van der Waals surface area contributed by atoms with Gasteiger partial charge in [0.25, 0.3) is 0 Å². The molecule has 4 rings (SSSR count). The van der Waals surface area contributed by atoms with Crippen LogP contribution in [0.1, 0.15) is 30.0 Å². The van der Waals surface area contributed by atoms with Gasteiger partial charge in [0.2, 0.25) is 0 Å². The Kier molecular flexibility index (Phi) is 9.05. The Balaban J connectivity index is 0.00000141. The van der Waals surface area contributed by atoms with Crippen LogP contribution in [0.15, 0.2) is 42.5 Å². The van der Waals surface area contributed by atoms with Crippen molar-refractivity contribution >= 4 is 30.2 Å². The third-order valence-electron chi connectivity index (χ3n) is 5.93. The molecule has 3 heterocycles. The zero-order valence-electron chi connectivity index (χ0n) is 18.9. The van der Waals surface area contributed by atoms with Gasteiger partial charge in [0, 0.05) is 62.7 Å². The zero-order chi connectivity index (χ0) is 22.9. The van der Waals surface area contributed by atoms with E-state index in [1.807, 2.05) is 0 Å². The number of aliphatic hydroxyl groups excluding tert-OH is 1. The molecule has 174 valence electrons. The highest BCUT2D eigenvalue weighted by atomic mass is 32.1. The maximum Gasteiger partial charge on any atom is 0.409 e. The van der Waals surface area contributed by atoms with E-state index >= 15 is 0 Å². The molecule has 2 saturated heterocycles. The van der Waals surface area contributed by atoms with Crippen LogP contribution >= 0.6 is 12.6 Å². The second-order valence-electron chi connectivity index (χ2n) is 8.09. The number of carbonyl (C=O) groups excluding carboxylic acids is 1. The summed E-state index contributed by atoms with van der Waals surface area (Å²) < 4.78 is 4.89. The van der Waals surface area contributed by atoms with Gasteiger partial charge < -0.3 is 25.0 Å². The molecule has 0 saturated carbocycles. The fourth-order valence-electron chi connectivity index (χ4n) is 4.29. The number of aliphatic hydroxyl groups is 1. The number of hydrogen-bond acceptors (Lipinski definition) is 7. The van der Waals surface area contributed by atoms with Crippen molar-refractivity contribution < 1.29 is 14.6 Å². The molecule has 1 aromatic carbocycles. The van der Waals surface area contributed by atoms with E-state index in [0.29, 0.717) is 12.5 Å². The number of carbonyl (C=O) groups is 1. The topological polar surface area (TPSA) is 77.9 Å². The number of rotatable bonds is 6. The molecule has 0 radical (unpaired) electrons. The van der Waals surface area contributed by atoms with Gasteiger partial charge >= 0.3 is 6.09 Å². The number of hydrogen-bond donors (Lipinski definition) is 3. The average molecular weight is 459 g/mol. The Morgan fingerprint density at radius 2 is 1.97 bits per heavy atom. The van der Waals surface area contributed by atoms with Crippen LogP contribution in [0, 0.1) is 0 Å². The van der Waals surface area contributed by atoms with Crippen molar-refractivity contribution in [1.82, 2.24) is 9.88 Å². The largest absolute Gasteiger partial charge is 0.453 e. The zero-order valence-corrected chi connectivity index (χ0v) is 19.8. The number of nitrogens with zero attached hydrogens (tertiary/aromatic N) is 3. The maximum absolute atomic E-state index is 11.9. The quantitative estimate of drug-likeness (QED) is 0.576. The first-order valence-electron chi connectivity index (χ1n) is 11.1. The van der Waals surface area contributed by atoms with Crippen LogP contribution in [0.25, 0.3) is 0 Å². The van der Waals surface area contributed by atoms with E-state index < -0.39 is 0 Å². The summed E-state index contributed by atoms with van der Waals surface area (Å²) in [4.78, 5) is 20.9. The number of aromatic nitrogens is 1. The molecule has 2 N–H and O–H groups in total.